The average Bonchev–Trinajstić information content (AvgIpc) is 3.30. The lowest BCUT2D eigenvalue weighted by Gasteiger charge is -2.33. The number of nitrogens with one attached hydrogen (secondary N) is 1. The quantitative estimate of drug-likeness (QED) is 0.628. The van der Waals surface area contributed by atoms with Gasteiger partial charge in [0.1, 0.15) is 10.9 Å². The first-order valence-corrected chi connectivity index (χ1v) is 10.5. The lowest BCUT2D eigenvalue weighted by atomic mass is 10.0. The van der Waals surface area contributed by atoms with E-state index < -0.39 is 12.0 Å². The second-order valence-electron chi connectivity index (χ2n) is 6.99. The molecule has 1 atom stereocenters. The van der Waals surface area contributed by atoms with Gasteiger partial charge in [0.05, 0.1) is 6.20 Å². The van der Waals surface area contributed by atoms with Crippen LogP contribution in [0, 0.1) is 0 Å². The summed E-state index contributed by atoms with van der Waals surface area (Å²) in [6, 6.07) is 7.36. The number of benzene rings is 1. The maximum atomic E-state index is 12.9. The lowest BCUT2D eigenvalue weighted by molar-refractivity contribution is -0.143. The third-order valence-corrected chi connectivity index (χ3v) is 5.89. The van der Waals surface area contributed by atoms with Crippen LogP contribution in [0.4, 0.5) is 5.69 Å². The Labute approximate surface area is 181 Å². The molecule has 2 N–H and O–H groups in total. The minimum Gasteiger partial charge on any atom is -0.480 e. The summed E-state index contributed by atoms with van der Waals surface area (Å²) in [5.41, 5.74) is 0.763. The summed E-state index contributed by atoms with van der Waals surface area (Å²) in [6.07, 6.45) is 6.64. The normalized spacial score (nSPS) is 16.0. The molecule has 0 saturated carbocycles. The highest BCUT2D eigenvalue weighted by Crippen LogP contribution is 2.24. The summed E-state index contributed by atoms with van der Waals surface area (Å²) in [4.78, 5) is 51.3. The number of carboxylic acids is 1. The van der Waals surface area contributed by atoms with Crippen LogP contribution in [0.5, 0.6) is 0 Å². The summed E-state index contributed by atoms with van der Waals surface area (Å²) in [7, 11) is 0. The molecule has 2 aromatic heterocycles. The Kier molecular flexibility index (Phi) is 5.99. The topological polar surface area (TPSA) is 125 Å². The molecule has 3 heterocycles. The van der Waals surface area contributed by atoms with Crippen molar-refractivity contribution in [3.05, 3.63) is 59.4 Å². The van der Waals surface area contributed by atoms with Crippen molar-refractivity contribution in [2.75, 3.05) is 11.9 Å². The van der Waals surface area contributed by atoms with Gasteiger partial charge in [0.15, 0.2) is 10.8 Å². The number of rotatable bonds is 5. The predicted octanol–water partition coefficient (Wildman–Crippen LogP) is 2.93. The van der Waals surface area contributed by atoms with E-state index in [2.05, 4.69) is 20.3 Å². The van der Waals surface area contributed by atoms with Gasteiger partial charge in [0.25, 0.3) is 11.8 Å². The van der Waals surface area contributed by atoms with Gasteiger partial charge in [0.2, 0.25) is 0 Å². The molecule has 158 valence electrons. The number of aromatic nitrogens is 3. The third-order valence-electron chi connectivity index (χ3n) is 4.90. The van der Waals surface area contributed by atoms with Crippen molar-refractivity contribution < 1.29 is 19.5 Å². The van der Waals surface area contributed by atoms with Gasteiger partial charge in [-0.2, -0.15) is 0 Å². The average molecular weight is 437 g/mol. The summed E-state index contributed by atoms with van der Waals surface area (Å²) < 4.78 is 0. The largest absolute Gasteiger partial charge is 0.480 e. The van der Waals surface area contributed by atoms with E-state index in [9.17, 15) is 19.5 Å². The first-order chi connectivity index (χ1) is 15.0. The van der Waals surface area contributed by atoms with E-state index in [4.69, 9.17) is 0 Å². The smallest absolute Gasteiger partial charge is 0.326 e. The molecule has 1 aromatic carbocycles. The Balaban J connectivity index is 1.48. The number of hydrogen-bond acceptors (Lipinski definition) is 7. The number of piperidine rings is 1. The third kappa shape index (κ3) is 4.58. The number of carboxylic acid groups (broad SMARTS) is 1. The molecular formula is C21H19N5O4S. The van der Waals surface area contributed by atoms with Crippen LogP contribution in [0.2, 0.25) is 0 Å². The number of amides is 2. The molecule has 0 bridgehead atoms. The van der Waals surface area contributed by atoms with Crippen LogP contribution in [0.15, 0.2) is 48.9 Å². The van der Waals surface area contributed by atoms with Crippen LogP contribution in [0.1, 0.15) is 39.3 Å². The molecule has 1 saturated heterocycles. The molecule has 31 heavy (non-hydrogen) atoms. The van der Waals surface area contributed by atoms with Crippen molar-refractivity contribution in [1.82, 2.24) is 19.9 Å². The Morgan fingerprint density at radius 2 is 1.90 bits per heavy atom. The molecule has 1 fully saturated rings. The van der Waals surface area contributed by atoms with Gasteiger partial charge in [-0.25, -0.2) is 19.7 Å². The van der Waals surface area contributed by atoms with Crippen LogP contribution < -0.4 is 5.32 Å². The molecular weight excluding hydrogens is 418 g/mol. The highest BCUT2D eigenvalue weighted by Gasteiger charge is 2.32. The van der Waals surface area contributed by atoms with Crippen molar-refractivity contribution in [2.45, 2.75) is 25.3 Å². The summed E-state index contributed by atoms with van der Waals surface area (Å²) in [6.45, 7) is 0.400. The Morgan fingerprint density at radius 3 is 2.68 bits per heavy atom. The predicted molar refractivity (Wildman–Crippen MR) is 114 cm³/mol. The highest BCUT2D eigenvalue weighted by molar-refractivity contribution is 7.16. The van der Waals surface area contributed by atoms with E-state index in [-0.39, 0.29) is 11.8 Å². The number of thiazole rings is 1. The molecule has 1 aliphatic heterocycles. The van der Waals surface area contributed by atoms with E-state index in [1.54, 1.807) is 42.7 Å². The number of carbonyl (C=O) groups excluding carboxylic acids is 2. The van der Waals surface area contributed by atoms with Gasteiger partial charge in [-0.1, -0.05) is 6.07 Å². The van der Waals surface area contributed by atoms with Crippen molar-refractivity contribution in [3.8, 4) is 10.8 Å². The Hall–Kier alpha value is -3.66. The molecule has 9 nitrogen and oxygen atoms in total. The molecule has 2 amide bonds. The van der Waals surface area contributed by atoms with E-state index >= 15 is 0 Å². The van der Waals surface area contributed by atoms with Gasteiger partial charge in [0, 0.05) is 30.2 Å². The van der Waals surface area contributed by atoms with Gasteiger partial charge >= 0.3 is 5.97 Å². The van der Waals surface area contributed by atoms with Crippen LogP contribution >= 0.6 is 11.3 Å². The zero-order valence-corrected chi connectivity index (χ0v) is 17.2. The number of aliphatic carboxylic acids is 1. The number of hydrogen-bond donors (Lipinski definition) is 2. The molecule has 0 aliphatic carbocycles. The van der Waals surface area contributed by atoms with Crippen molar-refractivity contribution >= 4 is 34.8 Å². The number of nitrogens with zero attached hydrogens (tertiary/aromatic N) is 4. The zero-order chi connectivity index (χ0) is 21.8. The second-order valence-corrected chi connectivity index (χ2v) is 8.02. The lowest BCUT2D eigenvalue weighted by Crippen LogP contribution is -2.48. The second kappa shape index (κ2) is 9.00. The van der Waals surface area contributed by atoms with Crippen molar-refractivity contribution in [3.63, 3.8) is 0 Å². The summed E-state index contributed by atoms with van der Waals surface area (Å²) in [5, 5.41) is 12.7. The van der Waals surface area contributed by atoms with Crippen LogP contribution in [-0.2, 0) is 4.79 Å². The van der Waals surface area contributed by atoms with Gasteiger partial charge < -0.3 is 15.3 Å². The Bertz CT molecular complexity index is 1120. The highest BCUT2D eigenvalue weighted by atomic mass is 32.1. The molecule has 0 radical (unpaired) electrons. The van der Waals surface area contributed by atoms with Crippen LogP contribution in [-0.4, -0.2) is 55.3 Å². The molecule has 1 aliphatic rings. The fraction of sp³-hybridized carbons (Fsp3) is 0.238. The standard InChI is InChI=1S/C21H19N5O4S/c27-18(16-12-24-19(31-16)17-22-8-4-9-23-17)25-14-6-3-5-13(11-14)20(28)26-10-2-1-7-15(26)21(29)30/h3-6,8-9,11-12,15H,1-2,7,10H2,(H,25,27)(H,29,30). The monoisotopic (exact) mass is 437 g/mol. The minimum absolute atomic E-state index is 0.327. The van der Waals surface area contributed by atoms with Crippen molar-refractivity contribution in [1.29, 1.82) is 0 Å². The SMILES string of the molecule is O=C(Nc1cccc(C(=O)N2CCCCC2C(=O)O)c1)c1cnc(-c2ncccn2)s1. The number of anilines is 1. The van der Waals surface area contributed by atoms with Gasteiger partial charge in [-0.3, -0.25) is 9.59 Å². The Morgan fingerprint density at radius 1 is 1.10 bits per heavy atom. The van der Waals surface area contributed by atoms with Crippen LogP contribution in [0.3, 0.4) is 0 Å². The van der Waals surface area contributed by atoms with E-state index in [0.717, 1.165) is 24.2 Å². The minimum atomic E-state index is -0.999. The molecule has 1 unspecified atom stereocenters. The number of carbonyl (C=O) groups is 3. The first-order valence-electron chi connectivity index (χ1n) is 9.71. The molecule has 3 aromatic rings. The molecule has 10 heteroatoms. The first kappa shape index (κ1) is 20.6. The van der Waals surface area contributed by atoms with E-state index in [1.165, 1.54) is 11.1 Å². The molecule has 0 spiro atoms. The van der Waals surface area contributed by atoms with Gasteiger partial charge in [-0.15, -0.1) is 11.3 Å². The zero-order valence-electron chi connectivity index (χ0n) is 16.4. The van der Waals surface area contributed by atoms with E-state index in [1.807, 2.05) is 0 Å². The number of likely N-dealkylation sites (tertiary alicyclic amines) is 1. The summed E-state index contributed by atoms with van der Waals surface area (Å²) in [5.74, 6) is -1.29. The van der Waals surface area contributed by atoms with Crippen LogP contribution in [0.25, 0.3) is 10.8 Å². The maximum absolute atomic E-state index is 12.9. The molecule has 4 rings (SSSR count). The van der Waals surface area contributed by atoms with E-state index in [0.29, 0.717) is 39.9 Å². The fourth-order valence-corrected chi connectivity index (χ4v) is 4.17. The summed E-state index contributed by atoms with van der Waals surface area (Å²) >= 11 is 1.16. The van der Waals surface area contributed by atoms with Crippen molar-refractivity contribution in [2.24, 2.45) is 0 Å². The maximum Gasteiger partial charge on any atom is 0.326 e. The van der Waals surface area contributed by atoms with Gasteiger partial charge in [-0.05, 0) is 43.5 Å². The fourth-order valence-electron chi connectivity index (χ4n) is 3.41.